The fourth-order valence-corrected chi connectivity index (χ4v) is 1.63. The molecule has 0 fully saturated rings. The average molecular weight is 242 g/mol. The van der Waals surface area contributed by atoms with Crippen molar-refractivity contribution in [3.8, 4) is 11.8 Å². The van der Waals surface area contributed by atoms with Crippen LogP contribution in [0, 0.1) is 11.3 Å². The van der Waals surface area contributed by atoms with Gasteiger partial charge in [-0.2, -0.15) is 10.4 Å². The molecule has 0 saturated carbocycles. The molecule has 2 N–H and O–H groups in total. The van der Waals surface area contributed by atoms with Crippen molar-refractivity contribution >= 4 is 0 Å². The van der Waals surface area contributed by atoms with Crippen LogP contribution < -0.4 is 10.5 Å². The van der Waals surface area contributed by atoms with Gasteiger partial charge in [-0.05, 0) is 24.3 Å². The predicted molar refractivity (Wildman–Crippen MR) is 66.8 cm³/mol. The van der Waals surface area contributed by atoms with Crippen molar-refractivity contribution in [2.45, 2.75) is 6.10 Å². The number of nitrogens with zero attached hydrogens (tertiary/aromatic N) is 3. The molecule has 18 heavy (non-hydrogen) atoms. The van der Waals surface area contributed by atoms with Crippen LogP contribution in [0.1, 0.15) is 17.2 Å². The molecule has 0 spiro atoms. The third-order valence-electron chi connectivity index (χ3n) is 2.57. The van der Waals surface area contributed by atoms with E-state index in [2.05, 4.69) is 11.2 Å². The number of nitrogens with two attached hydrogens (primary N) is 1. The Bertz CT molecular complexity index is 553. The first-order valence-corrected chi connectivity index (χ1v) is 5.58. The molecule has 1 aromatic carbocycles. The normalized spacial score (nSPS) is 11.8. The summed E-state index contributed by atoms with van der Waals surface area (Å²) in [5.74, 6) is 0.688. The third kappa shape index (κ3) is 2.67. The maximum Gasteiger partial charge on any atom is 0.139 e. The highest BCUT2D eigenvalue weighted by Gasteiger charge is 2.13. The number of benzene rings is 1. The van der Waals surface area contributed by atoms with Gasteiger partial charge in [-0.3, -0.25) is 4.68 Å². The van der Waals surface area contributed by atoms with Crippen LogP contribution in [-0.4, -0.2) is 16.3 Å². The van der Waals surface area contributed by atoms with Crippen LogP contribution in [0.5, 0.6) is 5.75 Å². The van der Waals surface area contributed by atoms with E-state index in [1.165, 1.54) is 0 Å². The van der Waals surface area contributed by atoms with Crippen LogP contribution in [0.2, 0.25) is 0 Å². The third-order valence-corrected chi connectivity index (χ3v) is 2.57. The Balaban J connectivity index is 2.13. The van der Waals surface area contributed by atoms with E-state index in [0.29, 0.717) is 17.9 Å². The van der Waals surface area contributed by atoms with E-state index in [4.69, 9.17) is 15.7 Å². The Morgan fingerprint density at radius 3 is 2.67 bits per heavy atom. The molecule has 5 heteroatoms. The van der Waals surface area contributed by atoms with Crippen LogP contribution >= 0.6 is 0 Å². The molecule has 0 aliphatic rings. The maximum atomic E-state index is 8.72. The quantitative estimate of drug-likeness (QED) is 0.878. The van der Waals surface area contributed by atoms with Crippen molar-refractivity contribution in [2.24, 2.45) is 12.8 Å². The second-order valence-corrected chi connectivity index (χ2v) is 3.93. The van der Waals surface area contributed by atoms with Crippen LogP contribution in [0.25, 0.3) is 0 Å². The van der Waals surface area contributed by atoms with Crippen molar-refractivity contribution in [1.29, 1.82) is 5.26 Å². The molecule has 1 unspecified atom stereocenters. The lowest BCUT2D eigenvalue weighted by atomic mass is 10.2. The molecule has 1 aromatic heterocycles. The SMILES string of the molecule is Cn1cc(C(CN)Oc2ccc(C#N)cc2)cn1. The average Bonchev–Trinajstić information content (AvgIpc) is 2.83. The van der Waals surface area contributed by atoms with Gasteiger partial charge >= 0.3 is 0 Å². The van der Waals surface area contributed by atoms with Gasteiger partial charge in [-0.15, -0.1) is 0 Å². The summed E-state index contributed by atoms with van der Waals surface area (Å²) in [6, 6.07) is 9.01. The molecule has 0 aliphatic heterocycles. The summed E-state index contributed by atoms with van der Waals surface area (Å²) in [6.45, 7) is 0.367. The molecular formula is C13H14N4O. The zero-order valence-corrected chi connectivity index (χ0v) is 10.1. The van der Waals surface area contributed by atoms with Gasteiger partial charge in [-0.25, -0.2) is 0 Å². The predicted octanol–water partition coefficient (Wildman–Crippen LogP) is 1.37. The van der Waals surface area contributed by atoms with Crippen molar-refractivity contribution in [3.63, 3.8) is 0 Å². The topological polar surface area (TPSA) is 76.9 Å². The van der Waals surface area contributed by atoms with Crippen molar-refractivity contribution in [3.05, 3.63) is 47.8 Å². The van der Waals surface area contributed by atoms with E-state index in [-0.39, 0.29) is 6.10 Å². The van der Waals surface area contributed by atoms with Gasteiger partial charge in [0.25, 0.3) is 0 Å². The summed E-state index contributed by atoms with van der Waals surface area (Å²) >= 11 is 0. The van der Waals surface area contributed by atoms with Gasteiger partial charge in [0.2, 0.25) is 0 Å². The molecule has 0 bridgehead atoms. The smallest absolute Gasteiger partial charge is 0.139 e. The van der Waals surface area contributed by atoms with Gasteiger partial charge in [-0.1, -0.05) is 0 Å². The minimum Gasteiger partial charge on any atom is -0.484 e. The molecule has 2 aromatic rings. The molecular weight excluding hydrogens is 228 g/mol. The zero-order valence-electron chi connectivity index (χ0n) is 10.1. The minimum absolute atomic E-state index is 0.230. The Hall–Kier alpha value is -2.32. The zero-order chi connectivity index (χ0) is 13.0. The van der Waals surface area contributed by atoms with Gasteiger partial charge in [0.05, 0.1) is 17.8 Å². The van der Waals surface area contributed by atoms with Crippen LogP contribution in [0.15, 0.2) is 36.7 Å². The molecule has 1 atom stereocenters. The molecule has 1 heterocycles. The number of ether oxygens (including phenoxy) is 1. The Labute approximate surface area is 105 Å². The van der Waals surface area contributed by atoms with E-state index in [1.54, 1.807) is 35.1 Å². The lowest BCUT2D eigenvalue weighted by Crippen LogP contribution is -2.18. The molecule has 0 aliphatic carbocycles. The largest absolute Gasteiger partial charge is 0.484 e. The molecule has 0 saturated heterocycles. The van der Waals surface area contributed by atoms with E-state index in [9.17, 15) is 0 Å². The Morgan fingerprint density at radius 1 is 1.44 bits per heavy atom. The lowest BCUT2D eigenvalue weighted by molar-refractivity contribution is 0.214. The summed E-state index contributed by atoms with van der Waals surface area (Å²) in [5, 5.41) is 12.8. The molecule has 2 rings (SSSR count). The second kappa shape index (κ2) is 5.34. The number of hydrogen-bond donors (Lipinski definition) is 1. The highest BCUT2D eigenvalue weighted by Crippen LogP contribution is 2.21. The molecule has 5 nitrogen and oxygen atoms in total. The monoisotopic (exact) mass is 242 g/mol. The number of aromatic nitrogens is 2. The second-order valence-electron chi connectivity index (χ2n) is 3.93. The van der Waals surface area contributed by atoms with Gasteiger partial charge < -0.3 is 10.5 Å². The van der Waals surface area contributed by atoms with E-state index < -0.39 is 0 Å². The summed E-state index contributed by atoms with van der Waals surface area (Å²) in [5.41, 5.74) is 7.24. The summed E-state index contributed by atoms with van der Waals surface area (Å²) < 4.78 is 7.48. The Kier molecular flexibility index (Phi) is 3.60. The summed E-state index contributed by atoms with van der Waals surface area (Å²) in [6.07, 6.45) is 3.38. The fourth-order valence-electron chi connectivity index (χ4n) is 1.63. The number of aryl methyl sites for hydroxylation is 1. The van der Waals surface area contributed by atoms with E-state index in [0.717, 1.165) is 5.56 Å². The first-order valence-electron chi connectivity index (χ1n) is 5.58. The highest BCUT2D eigenvalue weighted by molar-refractivity contribution is 5.34. The summed E-state index contributed by atoms with van der Waals surface area (Å²) in [4.78, 5) is 0. The van der Waals surface area contributed by atoms with Crippen molar-refractivity contribution < 1.29 is 4.74 Å². The van der Waals surface area contributed by atoms with Gasteiger partial charge in [0.15, 0.2) is 0 Å². The van der Waals surface area contributed by atoms with Crippen molar-refractivity contribution in [2.75, 3.05) is 6.54 Å². The molecule has 0 amide bonds. The first-order chi connectivity index (χ1) is 8.72. The van der Waals surface area contributed by atoms with Crippen molar-refractivity contribution in [1.82, 2.24) is 9.78 Å². The van der Waals surface area contributed by atoms with Crippen LogP contribution in [-0.2, 0) is 7.05 Å². The number of nitriles is 1. The van der Waals surface area contributed by atoms with E-state index in [1.807, 2.05) is 13.2 Å². The number of rotatable bonds is 4. The van der Waals surface area contributed by atoms with Gasteiger partial charge in [0.1, 0.15) is 11.9 Å². The molecule has 0 radical (unpaired) electrons. The number of hydrogen-bond acceptors (Lipinski definition) is 4. The first kappa shape index (κ1) is 12.1. The Morgan fingerprint density at radius 2 is 2.17 bits per heavy atom. The van der Waals surface area contributed by atoms with Crippen LogP contribution in [0.3, 0.4) is 0 Å². The maximum absolute atomic E-state index is 8.72. The highest BCUT2D eigenvalue weighted by atomic mass is 16.5. The lowest BCUT2D eigenvalue weighted by Gasteiger charge is -2.15. The van der Waals surface area contributed by atoms with Crippen LogP contribution in [0.4, 0.5) is 0 Å². The summed E-state index contributed by atoms with van der Waals surface area (Å²) in [7, 11) is 1.85. The molecule has 92 valence electrons. The van der Waals surface area contributed by atoms with E-state index >= 15 is 0 Å². The minimum atomic E-state index is -0.230. The van der Waals surface area contributed by atoms with Gasteiger partial charge in [0, 0.05) is 25.4 Å². The fraction of sp³-hybridized carbons (Fsp3) is 0.231. The standard InChI is InChI=1S/C13H14N4O/c1-17-9-11(8-16-17)13(7-15)18-12-4-2-10(6-14)3-5-12/h2-5,8-9,13H,7,15H2,1H3.